The quantitative estimate of drug-likeness (QED) is 0.601. The van der Waals surface area contributed by atoms with Gasteiger partial charge >= 0.3 is 0 Å². The molecule has 0 atom stereocenters. The van der Waals surface area contributed by atoms with Gasteiger partial charge in [-0.25, -0.2) is 15.0 Å². The molecule has 0 spiro atoms. The topological polar surface area (TPSA) is 96.5 Å². The zero-order chi connectivity index (χ0) is 12.1. The molecule has 0 radical (unpaired) electrons. The zero-order valence-electron chi connectivity index (χ0n) is 8.72. The van der Waals surface area contributed by atoms with E-state index in [1.807, 2.05) is 0 Å². The molecule has 0 aromatic carbocycles. The lowest BCUT2D eigenvalue weighted by molar-refractivity contribution is 0.112. The van der Waals surface area contributed by atoms with E-state index in [9.17, 15) is 4.79 Å². The smallest absolute Gasteiger partial charge is 0.156 e. The SMILES string of the molecule is O=Cc1c(Cl)ncnc1NCCc1ncn[nH]1. The number of halogens is 1. The Balaban J connectivity index is 1.99. The highest BCUT2D eigenvalue weighted by Gasteiger charge is 2.08. The Morgan fingerprint density at radius 1 is 1.35 bits per heavy atom. The second-order valence-corrected chi connectivity index (χ2v) is 3.51. The minimum Gasteiger partial charge on any atom is -0.369 e. The Morgan fingerprint density at radius 3 is 2.94 bits per heavy atom. The number of rotatable bonds is 5. The monoisotopic (exact) mass is 252 g/mol. The number of nitrogens with zero attached hydrogens (tertiary/aromatic N) is 4. The van der Waals surface area contributed by atoms with Crippen LogP contribution in [0.1, 0.15) is 16.2 Å². The second kappa shape index (κ2) is 5.35. The largest absolute Gasteiger partial charge is 0.369 e. The molecule has 0 unspecified atom stereocenters. The highest BCUT2D eigenvalue weighted by Crippen LogP contribution is 2.16. The van der Waals surface area contributed by atoms with Crippen LogP contribution in [0.4, 0.5) is 5.82 Å². The summed E-state index contributed by atoms with van der Waals surface area (Å²) in [6.07, 6.45) is 4.00. The fourth-order valence-electron chi connectivity index (χ4n) is 1.27. The van der Waals surface area contributed by atoms with Gasteiger partial charge in [-0.1, -0.05) is 11.6 Å². The van der Waals surface area contributed by atoms with Crippen molar-refractivity contribution in [3.63, 3.8) is 0 Å². The van der Waals surface area contributed by atoms with Gasteiger partial charge in [-0.3, -0.25) is 9.89 Å². The first-order valence-corrected chi connectivity index (χ1v) is 5.23. The van der Waals surface area contributed by atoms with Crippen molar-refractivity contribution in [2.24, 2.45) is 0 Å². The number of hydrogen-bond acceptors (Lipinski definition) is 6. The molecule has 7 nitrogen and oxygen atoms in total. The average Bonchev–Trinajstić information content (AvgIpc) is 2.82. The van der Waals surface area contributed by atoms with E-state index < -0.39 is 0 Å². The summed E-state index contributed by atoms with van der Waals surface area (Å²) >= 11 is 5.76. The Morgan fingerprint density at radius 2 is 2.24 bits per heavy atom. The maximum absolute atomic E-state index is 10.8. The third-order valence-corrected chi connectivity index (χ3v) is 2.37. The lowest BCUT2D eigenvalue weighted by Gasteiger charge is -2.06. The Bertz CT molecular complexity index is 500. The molecule has 0 saturated carbocycles. The molecule has 0 fully saturated rings. The maximum Gasteiger partial charge on any atom is 0.156 e. The molecule has 2 rings (SSSR count). The predicted molar refractivity (Wildman–Crippen MR) is 61.0 cm³/mol. The first kappa shape index (κ1) is 11.5. The predicted octanol–water partition coefficient (Wildman–Crippen LogP) is 0.715. The van der Waals surface area contributed by atoms with Gasteiger partial charge in [0.2, 0.25) is 0 Å². The average molecular weight is 253 g/mol. The van der Waals surface area contributed by atoms with Gasteiger partial charge in [0.05, 0.1) is 5.56 Å². The van der Waals surface area contributed by atoms with Crippen LogP contribution in [0.2, 0.25) is 5.15 Å². The molecule has 17 heavy (non-hydrogen) atoms. The van der Waals surface area contributed by atoms with Gasteiger partial charge in [0.1, 0.15) is 29.5 Å². The molecule has 2 aromatic rings. The van der Waals surface area contributed by atoms with Crippen LogP contribution >= 0.6 is 11.6 Å². The summed E-state index contributed by atoms with van der Waals surface area (Å²) in [7, 11) is 0. The summed E-state index contributed by atoms with van der Waals surface area (Å²) in [5, 5.41) is 9.59. The number of carbonyl (C=O) groups is 1. The van der Waals surface area contributed by atoms with Crippen LogP contribution in [-0.2, 0) is 6.42 Å². The molecule has 0 aliphatic carbocycles. The van der Waals surface area contributed by atoms with Crippen LogP contribution in [0.3, 0.4) is 0 Å². The first-order valence-electron chi connectivity index (χ1n) is 4.85. The van der Waals surface area contributed by atoms with E-state index >= 15 is 0 Å². The number of carbonyl (C=O) groups excluding carboxylic acids is 1. The van der Waals surface area contributed by atoms with Crippen molar-refractivity contribution in [3.05, 3.63) is 29.2 Å². The van der Waals surface area contributed by atoms with Gasteiger partial charge in [0.15, 0.2) is 6.29 Å². The van der Waals surface area contributed by atoms with Crippen molar-refractivity contribution in [3.8, 4) is 0 Å². The maximum atomic E-state index is 10.8. The van der Waals surface area contributed by atoms with Crippen molar-refractivity contribution in [2.75, 3.05) is 11.9 Å². The van der Waals surface area contributed by atoms with Gasteiger partial charge in [0, 0.05) is 13.0 Å². The standard InChI is InChI=1S/C9H9ClN6O/c10-8-6(3-17)9(14-4-13-8)11-2-1-7-12-5-15-16-7/h3-5H,1-2H2,(H,11,13,14)(H,12,15,16). The van der Waals surface area contributed by atoms with E-state index in [0.717, 1.165) is 5.82 Å². The third-order valence-electron chi connectivity index (χ3n) is 2.07. The van der Waals surface area contributed by atoms with Crippen molar-refractivity contribution in [1.82, 2.24) is 25.1 Å². The van der Waals surface area contributed by atoms with Crippen LogP contribution in [0.25, 0.3) is 0 Å². The van der Waals surface area contributed by atoms with E-state index in [2.05, 4.69) is 30.5 Å². The molecule has 2 aromatic heterocycles. The molecule has 0 aliphatic heterocycles. The fourth-order valence-corrected chi connectivity index (χ4v) is 1.45. The van der Waals surface area contributed by atoms with E-state index in [0.29, 0.717) is 25.1 Å². The van der Waals surface area contributed by atoms with Crippen molar-refractivity contribution in [2.45, 2.75) is 6.42 Å². The molecular formula is C9H9ClN6O. The van der Waals surface area contributed by atoms with E-state index in [4.69, 9.17) is 11.6 Å². The summed E-state index contributed by atoms with van der Waals surface area (Å²) in [4.78, 5) is 22.4. The van der Waals surface area contributed by atoms with Crippen LogP contribution in [0.5, 0.6) is 0 Å². The van der Waals surface area contributed by atoms with Gasteiger partial charge < -0.3 is 5.32 Å². The molecule has 8 heteroatoms. The molecule has 88 valence electrons. The number of H-pyrrole nitrogens is 1. The van der Waals surface area contributed by atoms with Gasteiger partial charge in [-0.2, -0.15) is 5.10 Å². The summed E-state index contributed by atoms with van der Waals surface area (Å²) in [6.45, 7) is 0.559. The number of aldehydes is 1. The molecule has 0 amide bonds. The molecule has 0 saturated heterocycles. The number of nitrogens with one attached hydrogen (secondary N) is 2. The van der Waals surface area contributed by atoms with Gasteiger partial charge in [-0.15, -0.1) is 0 Å². The Hall–Kier alpha value is -2.02. The molecular weight excluding hydrogens is 244 g/mol. The highest BCUT2D eigenvalue weighted by atomic mass is 35.5. The second-order valence-electron chi connectivity index (χ2n) is 3.15. The molecule has 2 N–H and O–H groups in total. The number of hydrogen-bond donors (Lipinski definition) is 2. The summed E-state index contributed by atoms with van der Waals surface area (Å²) in [6, 6.07) is 0. The van der Waals surface area contributed by atoms with E-state index in [-0.39, 0.29) is 10.7 Å². The molecule has 0 aliphatic rings. The van der Waals surface area contributed by atoms with Crippen molar-refractivity contribution in [1.29, 1.82) is 0 Å². The fraction of sp³-hybridized carbons (Fsp3) is 0.222. The lowest BCUT2D eigenvalue weighted by Crippen LogP contribution is -2.10. The number of aromatic amines is 1. The Labute approximate surface area is 102 Å². The van der Waals surface area contributed by atoms with Crippen molar-refractivity contribution >= 4 is 23.7 Å². The highest BCUT2D eigenvalue weighted by molar-refractivity contribution is 6.32. The third kappa shape index (κ3) is 2.76. The van der Waals surface area contributed by atoms with E-state index in [1.165, 1.54) is 12.7 Å². The summed E-state index contributed by atoms with van der Waals surface area (Å²) in [5.41, 5.74) is 0.256. The van der Waals surface area contributed by atoms with Gasteiger partial charge in [-0.05, 0) is 0 Å². The van der Waals surface area contributed by atoms with Crippen LogP contribution < -0.4 is 5.32 Å². The molecule has 2 heterocycles. The van der Waals surface area contributed by atoms with E-state index in [1.54, 1.807) is 0 Å². The zero-order valence-corrected chi connectivity index (χ0v) is 9.48. The van der Waals surface area contributed by atoms with Crippen LogP contribution in [0.15, 0.2) is 12.7 Å². The summed E-state index contributed by atoms with van der Waals surface area (Å²) < 4.78 is 0. The lowest BCUT2D eigenvalue weighted by atomic mass is 10.3. The minimum atomic E-state index is 0.136. The first-order chi connectivity index (χ1) is 8.31. The summed E-state index contributed by atoms with van der Waals surface area (Å²) in [5.74, 6) is 1.17. The number of aromatic nitrogens is 5. The normalized spacial score (nSPS) is 10.2. The number of anilines is 1. The molecule has 0 bridgehead atoms. The van der Waals surface area contributed by atoms with Crippen molar-refractivity contribution < 1.29 is 4.79 Å². The minimum absolute atomic E-state index is 0.136. The van der Waals surface area contributed by atoms with Gasteiger partial charge in [0.25, 0.3) is 0 Å². The van der Waals surface area contributed by atoms with Crippen LogP contribution in [-0.4, -0.2) is 38.0 Å². The Kier molecular flexibility index (Phi) is 3.61. The van der Waals surface area contributed by atoms with Crippen LogP contribution in [0, 0.1) is 0 Å².